The molecular weight excluding hydrogens is 262 g/mol. The van der Waals surface area contributed by atoms with Gasteiger partial charge in [0.1, 0.15) is 17.6 Å². The Labute approximate surface area is 117 Å². The molecule has 0 aliphatic carbocycles. The van der Waals surface area contributed by atoms with Crippen LogP contribution in [0, 0.1) is 12.8 Å². The standard InChI is InChI=1S/C13H19N3O2S/c1-8(2)4-10-13(18)16(5-11(17)15-10)6-12-14-9(3)7-19-12/h7-8,10H,4-6H2,1-3H3,(H,15,17). The number of carbonyl (C=O) groups excluding carboxylic acids is 2. The quantitative estimate of drug-likeness (QED) is 0.905. The lowest BCUT2D eigenvalue weighted by molar-refractivity contribution is -0.145. The van der Waals surface area contributed by atoms with Gasteiger partial charge in [0.2, 0.25) is 11.8 Å². The van der Waals surface area contributed by atoms with E-state index >= 15 is 0 Å². The van der Waals surface area contributed by atoms with E-state index in [-0.39, 0.29) is 24.4 Å². The van der Waals surface area contributed by atoms with Crippen LogP contribution in [0.5, 0.6) is 0 Å². The molecule has 0 saturated carbocycles. The van der Waals surface area contributed by atoms with Crippen molar-refractivity contribution < 1.29 is 9.59 Å². The number of nitrogens with zero attached hydrogens (tertiary/aromatic N) is 2. The highest BCUT2D eigenvalue weighted by molar-refractivity contribution is 7.09. The third-order valence-electron chi connectivity index (χ3n) is 2.98. The monoisotopic (exact) mass is 281 g/mol. The molecule has 1 atom stereocenters. The predicted molar refractivity (Wildman–Crippen MR) is 73.7 cm³/mol. The van der Waals surface area contributed by atoms with Gasteiger partial charge in [0, 0.05) is 11.1 Å². The summed E-state index contributed by atoms with van der Waals surface area (Å²) in [7, 11) is 0. The van der Waals surface area contributed by atoms with Crippen LogP contribution in [-0.2, 0) is 16.1 Å². The van der Waals surface area contributed by atoms with Crippen molar-refractivity contribution in [1.29, 1.82) is 0 Å². The second-order valence-corrected chi connectivity index (χ2v) is 6.27. The molecule has 1 aromatic heterocycles. The fourth-order valence-corrected chi connectivity index (χ4v) is 2.96. The van der Waals surface area contributed by atoms with Gasteiger partial charge in [-0.1, -0.05) is 13.8 Å². The predicted octanol–water partition coefficient (Wildman–Crippen LogP) is 1.32. The van der Waals surface area contributed by atoms with E-state index in [1.165, 1.54) is 11.3 Å². The first-order valence-electron chi connectivity index (χ1n) is 6.45. The third-order valence-corrected chi connectivity index (χ3v) is 3.93. The number of thiazole rings is 1. The zero-order chi connectivity index (χ0) is 14.0. The van der Waals surface area contributed by atoms with Crippen LogP contribution in [0.25, 0.3) is 0 Å². The van der Waals surface area contributed by atoms with Gasteiger partial charge in [0.05, 0.1) is 6.54 Å². The first-order chi connectivity index (χ1) is 8.95. The number of carbonyl (C=O) groups is 2. The minimum absolute atomic E-state index is 0.00107. The summed E-state index contributed by atoms with van der Waals surface area (Å²) in [6, 6.07) is -0.387. The lowest BCUT2D eigenvalue weighted by Crippen LogP contribution is -2.57. The summed E-state index contributed by atoms with van der Waals surface area (Å²) in [4.78, 5) is 29.9. The van der Waals surface area contributed by atoms with Crippen LogP contribution < -0.4 is 5.32 Å². The molecule has 1 aromatic rings. The smallest absolute Gasteiger partial charge is 0.246 e. The van der Waals surface area contributed by atoms with Crippen molar-refractivity contribution in [3.8, 4) is 0 Å². The average Bonchev–Trinajstić information content (AvgIpc) is 2.70. The van der Waals surface area contributed by atoms with Gasteiger partial charge in [-0.2, -0.15) is 0 Å². The van der Waals surface area contributed by atoms with Crippen LogP contribution in [-0.4, -0.2) is 34.3 Å². The first kappa shape index (κ1) is 14.0. The Morgan fingerprint density at radius 3 is 2.84 bits per heavy atom. The number of aryl methyl sites for hydroxylation is 1. The maximum atomic E-state index is 12.3. The van der Waals surface area contributed by atoms with Crippen molar-refractivity contribution in [2.75, 3.05) is 6.54 Å². The second kappa shape index (κ2) is 5.69. The van der Waals surface area contributed by atoms with E-state index in [1.807, 2.05) is 26.2 Å². The summed E-state index contributed by atoms with van der Waals surface area (Å²) < 4.78 is 0. The number of aromatic nitrogens is 1. The summed E-state index contributed by atoms with van der Waals surface area (Å²) in [6.07, 6.45) is 0.679. The van der Waals surface area contributed by atoms with Crippen molar-refractivity contribution in [3.05, 3.63) is 16.1 Å². The van der Waals surface area contributed by atoms with Gasteiger partial charge in [-0.15, -0.1) is 11.3 Å². The fourth-order valence-electron chi connectivity index (χ4n) is 2.18. The number of nitrogens with one attached hydrogen (secondary N) is 1. The van der Waals surface area contributed by atoms with Crippen LogP contribution in [0.3, 0.4) is 0 Å². The molecule has 2 amide bonds. The molecule has 1 unspecified atom stereocenters. The molecular formula is C13H19N3O2S. The lowest BCUT2D eigenvalue weighted by Gasteiger charge is -2.32. The first-order valence-corrected chi connectivity index (χ1v) is 7.33. The summed E-state index contributed by atoms with van der Waals surface area (Å²) in [6.45, 7) is 6.57. The largest absolute Gasteiger partial charge is 0.343 e. The zero-order valence-electron chi connectivity index (χ0n) is 11.5. The maximum absolute atomic E-state index is 12.3. The minimum atomic E-state index is -0.387. The number of hydrogen-bond donors (Lipinski definition) is 1. The number of hydrogen-bond acceptors (Lipinski definition) is 4. The number of rotatable bonds is 4. The topological polar surface area (TPSA) is 62.3 Å². The third kappa shape index (κ3) is 3.53. The zero-order valence-corrected chi connectivity index (χ0v) is 12.3. The van der Waals surface area contributed by atoms with Gasteiger partial charge < -0.3 is 10.2 Å². The maximum Gasteiger partial charge on any atom is 0.246 e. The molecule has 1 aliphatic rings. The minimum Gasteiger partial charge on any atom is -0.343 e. The normalized spacial score (nSPS) is 20.0. The van der Waals surface area contributed by atoms with Crippen molar-refractivity contribution in [2.45, 2.75) is 39.8 Å². The van der Waals surface area contributed by atoms with E-state index in [4.69, 9.17) is 0 Å². The van der Waals surface area contributed by atoms with Gasteiger partial charge in [0.25, 0.3) is 0 Å². The molecule has 5 nitrogen and oxygen atoms in total. The summed E-state index contributed by atoms with van der Waals surface area (Å²) in [5.74, 6) is 0.288. The van der Waals surface area contributed by atoms with Crippen molar-refractivity contribution >= 4 is 23.2 Å². The molecule has 104 valence electrons. The summed E-state index contributed by atoms with van der Waals surface area (Å²) in [5, 5.41) is 5.60. The molecule has 0 spiro atoms. The van der Waals surface area contributed by atoms with Crippen molar-refractivity contribution in [3.63, 3.8) is 0 Å². The second-order valence-electron chi connectivity index (χ2n) is 5.33. The Morgan fingerprint density at radius 2 is 2.26 bits per heavy atom. The molecule has 2 rings (SSSR count). The fraction of sp³-hybridized carbons (Fsp3) is 0.615. The van der Waals surface area contributed by atoms with Crippen LogP contribution in [0.15, 0.2) is 5.38 Å². The average molecular weight is 281 g/mol. The van der Waals surface area contributed by atoms with Gasteiger partial charge in [0.15, 0.2) is 0 Å². The van der Waals surface area contributed by atoms with Crippen LogP contribution in [0.2, 0.25) is 0 Å². The Kier molecular flexibility index (Phi) is 4.19. The Hall–Kier alpha value is -1.43. The summed E-state index contributed by atoms with van der Waals surface area (Å²) in [5.41, 5.74) is 0.952. The highest BCUT2D eigenvalue weighted by Gasteiger charge is 2.33. The number of piperazine rings is 1. The molecule has 2 heterocycles. The van der Waals surface area contributed by atoms with Crippen LogP contribution >= 0.6 is 11.3 Å². The molecule has 19 heavy (non-hydrogen) atoms. The van der Waals surface area contributed by atoms with E-state index in [2.05, 4.69) is 10.3 Å². The SMILES string of the molecule is Cc1csc(CN2CC(=O)NC(CC(C)C)C2=O)n1. The van der Waals surface area contributed by atoms with Crippen molar-refractivity contribution in [1.82, 2.24) is 15.2 Å². The molecule has 1 saturated heterocycles. The lowest BCUT2D eigenvalue weighted by atomic mass is 10.0. The van der Waals surface area contributed by atoms with E-state index in [1.54, 1.807) is 4.90 Å². The Bertz CT molecular complexity index is 484. The molecule has 0 aromatic carbocycles. The van der Waals surface area contributed by atoms with Crippen molar-refractivity contribution in [2.24, 2.45) is 5.92 Å². The molecule has 0 radical (unpaired) electrons. The van der Waals surface area contributed by atoms with E-state index < -0.39 is 0 Å². The molecule has 0 bridgehead atoms. The molecule has 1 N–H and O–H groups in total. The highest BCUT2D eigenvalue weighted by Crippen LogP contribution is 2.16. The number of amides is 2. The van der Waals surface area contributed by atoms with Crippen LogP contribution in [0.1, 0.15) is 31.0 Å². The molecule has 1 aliphatic heterocycles. The molecule has 6 heteroatoms. The Morgan fingerprint density at radius 1 is 1.53 bits per heavy atom. The van der Waals surface area contributed by atoms with Crippen LogP contribution in [0.4, 0.5) is 0 Å². The van der Waals surface area contributed by atoms with E-state index in [9.17, 15) is 9.59 Å². The van der Waals surface area contributed by atoms with Gasteiger partial charge >= 0.3 is 0 Å². The van der Waals surface area contributed by atoms with E-state index in [0.717, 1.165) is 10.7 Å². The van der Waals surface area contributed by atoms with Gasteiger partial charge in [-0.05, 0) is 19.3 Å². The van der Waals surface area contributed by atoms with Gasteiger partial charge in [-0.25, -0.2) is 4.98 Å². The Balaban J connectivity index is 2.06. The molecule has 1 fully saturated rings. The van der Waals surface area contributed by atoms with E-state index in [0.29, 0.717) is 18.9 Å². The van der Waals surface area contributed by atoms with Gasteiger partial charge in [-0.3, -0.25) is 9.59 Å². The summed E-state index contributed by atoms with van der Waals surface area (Å²) >= 11 is 1.52. The highest BCUT2D eigenvalue weighted by atomic mass is 32.1.